The number of hydrogen-bond donors (Lipinski definition) is 1. The van der Waals surface area contributed by atoms with E-state index < -0.39 is 0 Å². The maximum Gasteiger partial charge on any atom is 0.261 e. The van der Waals surface area contributed by atoms with Gasteiger partial charge in [0.25, 0.3) is 11.8 Å². The Morgan fingerprint density at radius 1 is 1.19 bits per heavy atom. The minimum absolute atomic E-state index is 0.147. The SMILES string of the molecule is CCC#CCOCCNC1CN(c2ccc3c(c2)C(=O)N(C(C)CCC(=O)CC)C3=O)C1. The van der Waals surface area contributed by atoms with Gasteiger partial charge in [-0.3, -0.25) is 19.3 Å². The molecule has 2 amide bonds. The summed E-state index contributed by atoms with van der Waals surface area (Å²) in [5, 5.41) is 3.46. The van der Waals surface area contributed by atoms with Crippen molar-refractivity contribution in [2.24, 2.45) is 0 Å². The van der Waals surface area contributed by atoms with Crippen LogP contribution in [0.25, 0.3) is 0 Å². The third-order valence-electron chi connectivity index (χ3n) is 5.98. The van der Waals surface area contributed by atoms with Crippen LogP contribution >= 0.6 is 0 Å². The molecule has 1 aromatic carbocycles. The van der Waals surface area contributed by atoms with Crippen molar-refractivity contribution in [2.75, 3.05) is 37.7 Å². The molecular weight excluding hydrogens is 406 g/mol. The predicted octanol–water partition coefficient (Wildman–Crippen LogP) is 2.64. The first kappa shape index (κ1) is 24.0. The molecule has 0 radical (unpaired) electrons. The fourth-order valence-electron chi connectivity index (χ4n) is 3.97. The van der Waals surface area contributed by atoms with Crippen molar-refractivity contribution >= 4 is 23.3 Å². The molecule has 2 aliphatic rings. The van der Waals surface area contributed by atoms with Crippen LogP contribution in [0.1, 0.15) is 67.2 Å². The second-order valence-corrected chi connectivity index (χ2v) is 8.31. The molecule has 0 aliphatic carbocycles. The molecule has 172 valence electrons. The number of benzene rings is 1. The van der Waals surface area contributed by atoms with E-state index in [1.54, 1.807) is 6.07 Å². The number of ketones is 1. The molecule has 2 aliphatic heterocycles. The van der Waals surface area contributed by atoms with Gasteiger partial charge < -0.3 is 15.0 Å². The van der Waals surface area contributed by atoms with E-state index in [9.17, 15) is 14.4 Å². The Morgan fingerprint density at radius 3 is 2.66 bits per heavy atom. The number of anilines is 1. The van der Waals surface area contributed by atoms with Crippen LogP contribution in [0.2, 0.25) is 0 Å². The summed E-state index contributed by atoms with van der Waals surface area (Å²) in [6, 6.07) is 5.56. The highest BCUT2D eigenvalue weighted by molar-refractivity contribution is 6.22. The summed E-state index contributed by atoms with van der Waals surface area (Å²) in [5.41, 5.74) is 1.86. The van der Waals surface area contributed by atoms with Crippen LogP contribution < -0.4 is 10.2 Å². The fraction of sp³-hybridized carbons (Fsp3) is 0.560. The summed E-state index contributed by atoms with van der Waals surface area (Å²) in [7, 11) is 0. The number of hydrogen-bond acceptors (Lipinski definition) is 6. The topological polar surface area (TPSA) is 79.0 Å². The van der Waals surface area contributed by atoms with E-state index >= 15 is 0 Å². The van der Waals surface area contributed by atoms with Crippen LogP contribution in [-0.4, -0.2) is 67.4 Å². The molecule has 2 heterocycles. The first-order valence-electron chi connectivity index (χ1n) is 11.5. The van der Waals surface area contributed by atoms with E-state index in [2.05, 4.69) is 22.1 Å². The number of Topliss-reactive ketones (excluding diaryl/α,β-unsaturated/α-hetero) is 1. The van der Waals surface area contributed by atoms with Gasteiger partial charge in [-0.15, -0.1) is 5.92 Å². The van der Waals surface area contributed by atoms with Gasteiger partial charge in [-0.05, 0) is 31.5 Å². The molecule has 7 heteroatoms. The molecule has 1 saturated heterocycles. The van der Waals surface area contributed by atoms with Crippen LogP contribution in [-0.2, 0) is 9.53 Å². The third kappa shape index (κ3) is 5.56. The monoisotopic (exact) mass is 439 g/mol. The number of nitrogens with one attached hydrogen (secondary N) is 1. The van der Waals surface area contributed by atoms with Gasteiger partial charge in [0.2, 0.25) is 0 Å². The van der Waals surface area contributed by atoms with Crippen molar-refractivity contribution in [3.05, 3.63) is 29.3 Å². The van der Waals surface area contributed by atoms with E-state index in [-0.39, 0.29) is 23.6 Å². The number of ether oxygens (including phenoxy) is 1. The first-order valence-corrected chi connectivity index (χ1v) is 11.5. The predicted molar refractivity (Wildman–Crippen MR) is 124 cm³/mol. The Morgan fingerprint density at radius 2 is 1.94 bits per heavy atom. The Balaban J connectivity index is 1.49. The molecule has 0 aromatic heterocycles. The van der Waals surface area contributed by atoms with E-state index in [4.69, 9.17) is 4.74 Å². The second-order valence-electron chi connectivity index (χ2n) is 8.31. The van der Waals surface area contributed by atoms with Gasteiger partial charge in [0.1, 0.15) is 12.4 Å². The number of amides is 2. The van der Waals surface area contributed by atoms with Gasteiger partial charge in [0.05, 0.1) is 17.7 Å². The normalized spacial score (nSPS) is 16.5. The molecule has 1 fully saturated rings. The van der Waals surface area contributed by atoms with Crippen molar-refractivity contribution in [2.45, 2.75) is 58.5 Å². The van der Waals surface area contributed by atoms with E-state index in [1.807, 2.05) is 32.9 Å². The Hall–Kier alpha value is -2.69. The summed E-state index contributed by atoms with van der Waals surface area (Å²) in [5.74, 6) is 5.55. The lowest BCUT2D eigenvalue weighted by Crippen LogP contribution is -2.58. The Bertz CT molecular complexity index is 911. The van der Waals surface area contributed by atoms with Crippen LogP contribution in [0, 0.1) is 11.8 Å². The minimum Gasteiger partial charge on any atom is -0.368 e. The summed E-state index contributed by atoms with van der Waals surface area (Å²) >= 11 is 0. The smallest absolute Gasteiger partial charge is 0.261 e. The zero-order valence-corrected chi connectivity index (χ0v) is 19.3. The lowest BCUT2D eigenvalue weighted by molar-refractivity contribution is -0.119. The summed E-state index contributed by atoms with van der Waals surface area (Å²) < 4.78 is 5.46. The molecule has 0 saturated carbocycles. The number of imide groups is 1. The van der Waals surface area contributed by atoms with Gasteiger partial charge in [-0.2, -0.15) is 0 Å². The van der Waals surface area contributed by atoms with Gasteiger partial charge in [0.15, 0.2) is 0 Å². The highest BCUT2D eigenvalue weighted by atomic mass is 16.5. The first-order chi connectivity index (χ1) is 15.5. The number of fused-ring (bicyclic) bond motifs is 1. The Kier molecular flexibility index (Phi) is 8.43. The van der Waals surface area contributed by atoms with Crippen LogP contribution in [0.4, 0.5) is 5.69 Å². The highest BCUT2D eigenvalue weighted by Crippen LogP contribution is 2.31. The summed E-state index contributed by atoms with van der Waals surface area (Å²) in [6.45, 7) is 9.23. The number of carbonyl (C=O) groups excluding carboxylic acids is 3. The number of nitrogens with zero attached hydrogens (tertiary/aromatic N) is 2. The molecular formula is C25H33N3O4. The van der Waals surface area contributed by atoms with Gasteiger partial charge in [-0.1, -0.05) is 19.8 Å². The maximum atomic E-state index is 12.9. The molecule has 3 rings (SSSR count). The van der Waals surface area contributed by atoms with Crippen LogP contribution in [0.3, 0.4) is 0 Å². The average Bonchev–Trinajstić information content (AvgIpc) is 3.01. The average molecular weight is 440 g/mol. The number of carbonyl (C=O) groups is 3. The molecule has 1 aromatic rings. The molecule has 32 heavy (non-hydrogen) atoms. The largest absolute Gasteiger partial charge is 0.368 e. The quantitative estimate of drug-likeness (QED) is 0.324. The standard InChI is InChI=1S/C25H33N3O4/c1-4-6-7-13-32-14-12-26-19-16-27(17-19)20-9-11-22-23(15-20)25(31)28(24(22)30)18(3)8-10-21(29)5-2/h9,11,15,18-19,26H,4-5,8,10,12-14,16-17H2,1-3H3. The lowest BCUT2D eigenvalue weighted by Gasteiger charge is -2.41. The highest BCUT2D eigenvalue weighted by Gasteiger charge is 2.39. The molecule has 1 atom stereocenters. The fourth-order valence-corrected chi connectivity index (χ4v) is 3.97. The second kappa shape index (κ2) is 11.3. The van der Waals surface area contributed by atoms with Crippen molar-refractivity contribution < 1.29 is 19.1 Å². The lowest BCUT2D eigenvalue weighted by atomic mass is 10.0. The zero-order chi connectivity index (χ0) is 23.1. The summed E-state index contributed by atoms with van der Waals surface area (Å²) in [6.07, 6.45) is 2.21. The van der Waals surface area contributed by atoms with Crippen molar-refractivity contribution in [1.82, 2.24) is 10.2 Å². The Labute approximate surface area is 190 Å². The van der Waals surface area contributed by atoms with Gasteiger partial charge in [-0.25, -0.2) is 0 Å². The molecule has 0 spiro atoms. The van der Waals surface area contributed by atoms with E-state index in [1.165, 1.54) is 4.90 Å². The summed E-state index contributed by atoms with van der Waals surface area (Å²) in [4.78, 5) is 40.8. The van der Waals surface area contributed by atoms with Crippen molar-refractivity contribution in [1.29, 1.82) is 0 Å². The van der Waals surface area contributed by atoms with E-state index in [0.717, 1.165) is 31.7 Å². The molecule has 1 unspecified atom stereocenters. The van der Waals surface area contributed by atoms with E-state index in [0.29, 0.717) is 49.6 Å². The molecule has 1 N–H and O–H groups in total. The maximum absolute atomic E-state index is 12.9. The minimum atomic E-state index is -0.297. The van der Waals surface area contributed by atoms with Gasteiger partial charge >= 0.3 is 0 Å². The van der Waals surface area contributed by atoms with Crippen LogP contribution in [0.5, 0.6) is 0 Å². The van der Waals surface area contributed by atoms with Gasteiger partial charge in [0, 0.05) is 56.7 Å². The van der Waals surface area contributed by atoms with Crippen molar-refractivity contribution in [3.63, 3.8) is 0 Å². The zero-order valence-electron chi connectivity index (χ0n) is 19.3. The number of rotatable bonds is 11. The molecule has 7 nitrogen and oxygen atoms in total. The molecule has 0 bridgehead atoms. The third-order valence-corrected chi connectivity index (χ3v) is 5.98. The van der Waals surface area contributed by atoms with Crippen LogP contribution in [0.15, 0.2) is 18.2 Å². The van der Waals surface area contributed by atoms with Crippen molar-refractivity contribution in [3.8, 4) is 11.8 Å².